The van der Waals surface area contributed by atoms with Crippen molar-refractivity contribution in [2.24, 2.45) is 0 Å². The molecule has 0 radical (unpaired) electrons. The van der Waals surface area contributed by atoms with Gasteiger partial charge in [0, 0.05) is 22.5 Å². The van der Waals surface area contributed by atoms with Crippen LogP contribution in [0, 0.1) is 6.92 Å². The van der Waals surface area contributed by atoms with Crippen molar-refractivity contribution in [3.05, 3.63) is 39.8 Å². The summed E-state index contributed by atoms with van der Waals surface area (Å²) in [6.07, 6.45) is 1.16. The Hall–Kier alpha value is -1.64. The highest BCUT2D eigenvalue weighted by molar-refractivity contribution is 7.89. The minimum Gasteiger partial charge on any atom is -0.477 e. The molecule has 0 saturated heterocycles. The number of carboxylic acid groups (broad SMARTS) is 1. The first kappa shape index (κ1) is 13.8. The predicted molar refractivity (Wildman–Crippen MR) is 70.8 cm³/mol. The number of aromatic nitrogens is 1. The number of aryl methyl sites for hydroxylation is 1. The van der Waals surface area contributed by atoms with Gasteiger partial charge in [-0.25, -0.2) is 17.9 Å². The number of aromatic amines is 1. The molecule has 3 N–H and O–H groups in total. The summed E-state index contributed by atoms with van der Waals surface area (Å²) < 4.78 is 26.3. The third-order valence-electron chi connectivity index (χ3n) is 2.43. The van der Waals surface area contributed by atoms with Gasteiger partial charge in [-0.3, -0.25) is 0 Å². The lowest BCUT2D eigenvalue weighted by Crippen LogP contribution is -2.22. The molecular formula is C11H12N2O4S2. The number of carboxylic acids is 1. The predicted octanol–water partition coefficient (Wildman–Crippen LogP) is 1.56. The van der Waals surface area contributed by atoms with E-state index in [1.807, 2.05) is 19.1 Å². The second kappa shape index (κ2) is 5.16. The van der Waals surface area contributed by atoms with Gasteiger partial charge in [-0.2, -0.15) is 0 Å². The first-order valence-corrected chi connectivity index (χ1v) is 7.65. The Balaban J connectivity index is 2.11. The Morgan fingerprint density at radius 2 is 2.21 bits per heavy atom. The van der Waals surface area contributed by atoms with E-state index < -0.39 is 16.0 Å². The maximum atomic E-state index is 11.9. The number of hydrogen-bond donors (Lipinski definition) is 3. The van der Waals surface area contributed by atoms with Gasteiger partial charge in [-0.15, -0.1) is 11.3 Å². The Morgan fingerprint density at radius 3 is 2.74 bits per heavy atom. The van der Waals surface area contributed by atoms with E-state index >= 15 is 0 Å². The van der Waals surface area contributed by atoms with Crippen molar-refractivity contribution in [3.8, 4) is 0 Å². The van der Waals surface area contributed by atoms with Crippen LogP contribution in [-0.4, -0.2) is 24.5 Å². The lowest BCUT2D eigenvalue weighted by Gasteiger charge is -2.02. The van der Waals surface area contributed by atoms with Crippen molar-refractivity contribution in [3.63, 3.8) is 0 Å². The van der Waals surface area contributed by atoms with E-state index in [0.29, 0.717) is 0 Å². The van der Waals surface area contributed by atoms with Gasteiger partial charge in [0.25, 0.3) is 0 Å². The fourth-order valence-corrected chi connectivity index (χ4v) is 3.40. The Morgan fingerprint density at radius 1 is 1.47 bits per heavy atom. The van der Waals surface area contributed by atoms with Crippen molar-refractivity contribution in [2.75, 3.05) is 0 Å². The normalized spacial score (nSPS) is 11.6. The molecule has 0 unspecified atom stereocenters. The van der Waals surface area contributed by atoms with E-state index in [4.69, 9.17) is 5.11 Å². The number of hydrogen-bond acceptors (Lipinski definition) is 4. The zero-order valence-corrected chi connectivity index (χ0v) is 11.6. The average Bonchev–Trinajstić information content (AvgIpc) is 2.95. The van der Waals surface area contributed by atoms with E-state index in [1.165, 1.54) is 11.3 Å². The van der Waals surface area contributed by atoms with Gasteiger partial charge in [0.1, 0.15) is 10.6 Å². The number of thiophene rings is 1. The highest BCUT2D eigenvalue weighted by Crippen LogP contribution is 2.16. The Kier molecular flexibility index (Phi) is 3.74. The molecule has 0 bridgehead atoms. The molecular weight excluding hydrogens is 288 g/mol. The molecule has 2 aromatic heterocycles. The van der Waals surface area contributed by atoms with Crippen LogP contribution in [0.1, 0.15) is 20.2 Å². The largest absolute Gasteiger partial charge is 0.477 e. The summed E-state index contributed by atoms with van der Waals surface area (Å²) in [6.45, 7) is 2.13. The molecule has 0 spiro atoms. The topological polar surface area (TPSA) is 99.3 Å². The highest BCUT2D eigenvalue weighted by atomic mass is 32.2. The summed E-state index contributed by atoms with van der Waals surface area (Å²) in [7, 11) is -3.70. The third kappa shape index (κ3) is 3.22. The van der Waals surface area contributed by atoms with Crippen molar-refractivity contribution in [1.82, 2.24) is 9.71 Å². The van der Waals surface area contributed by atoms with Crippen molar-refractivity contribution in [2.45, 2.75) is 18.4 Å². The summed E-state index contributed by atoms with van der Waals surface area (Å²) in [5.41, 5.74) is -0.160. The maximum Gasteiger partial charge on any atom is 0.352 e. The van der Waals surface area contributed by atoms with Crippen molar-refractivity contribution in [1.29, 1.82) is 0 Å². The minimum atomic E-state index is -3.70. The fourth-order valence-electron chi connectivity index (χ4n) is 1.48. The van der Waals surface area contributed by atoms with Gasteiger partial charge in [0.2, 0.25) is 10.0 Å². The smallest absolute Gasteiger partial charge is 0.352 e. The molecule has 0 fully saturated rings. The van der Waals surface area contributed by atoms with E-state index in [1.54, 1.807) is 0 Å². The second-order valence-corrected chi connectivity index (χ2v) is 7.03. The quantitative estimate of drug-likeness (QED) is 0.780. The summed E-state index contributed by atoms with van der Waals surface area (Å²) in [6, 6.07) is 4.85. The molecule has 8 heteroatoms. The van der Waals surface area contributed by atoms with Crippen LogP contribution in [0.15, 0.2) is 29.3 Å². The van der Waals surface area contributed by atoms with Gasteiger partial charge >= 0.3 is 5.97 Å². The second-order valence-electron chi connectivity index (χ2n) is 3.89. The lowest BCUT2D eigenvalue weighted by molar-refractivity contribution is 0.0691. The van der Waals surface area contributed by atoms with E-state index in [2.05, 4.69) is 9.71 Å². The number of H-pyrrole nitrogens is 1. The van der Waals surface area contributed by atoms with Gasteiger partial charge in [0.15, 0.2) is 0 Å². The molecule has 6 nitrogen and oxygen atoms in total. The molecule has 0 aliphatic carbocycles. The SMILES string of the molecule is Cc1ccc(CNS(=O)(=O)c2c[nH]c(C(=O)O)c2)s1. The summed E-state index contributed by atoms with van der Waals surface area (Å²) in [5, 5.41) is 8.73. The van der Waals surface area contributed by atoms with Crippen LogP contribution in [0.3, 0.4) is 0 Å². The molecule has 19 heavy (non-hydrogen) atoms. The fraction of sp³-hybridized carbons (Fsp3) is 0.182. The van der Waals surface area contributed by atoms with Crippen molar-refractivity contribution < 1.29 is 18.3 Å². The highest BCUT2D eigenvalue weighted by Gasteiger charge is 2.18. The summed E-state index contributed by atoms with van der Waals surface area (Å²) in [4.78, 5) is 15.0. The Labute approximate surface area is 114 Å². The molecule has 2 aromatic rings. The number of sulfonamides is 1. The molecule has 102 valence electrons. The molecule has 0 saturated carbocycles. The minimum absolute atomic E-state index is 0.0850. The average molecular weight is 300 g/mol. The van der Waals surface area contributed by atoms with E-state index in [0.717, 1.165) is 22.0 Å². The van der Waals surface area contributed by atoms with Gasteiger partial charge in [0.05, 0.1) is 0 Å². The van der Waals surface area contributed by atoms with Gasteiger partial charge in [-0.1, -0.05) is 0 Å². The van der Waals surface area contributed by atoms with E-state index in [9.17, 15) is 13.2 Å². The summed E-state index contributed by atoms with van der Waals surface area (Å²) >= 11 is 1.50. The van der Waals surface area contributed by atoms with Crippen LogP contribution in [0.4, 0.5) is 0 Å². The van der Waals surface area contributed by atoms with Crippen LogP contribution >= 0.6 is 11.3 Å². The molecule has 0 aromatic carbocycles. The van der Waals surface area contributed by atoms with Crippen LogP contribution < -0.4 is 4.72 Å². The van der Waals surface area contributed by atoms with E-state index in [-0.39, 0.29) is 17.1 Å². The summed E-state index contributed by atoms with van der Waals surface area (Å²) in [5.74, 6) is -1.20. The number of rotatable bonds is 5. The van der Waals surface area contributed by atoms with Crippen molar-refractivity contribution >= 4 is 27.3 Å². The monoisotopic (exact) mass is 300 g/mol. The first-order valence-electron chi connectivity index (χ1n) is 5.35. The van der Waals surface area contributed by atoms with Gasteiger partial charge in [-0.05, 0) is 25.1 Å². The number of aromatic carboxylic acids is 1. The molecule has 2 heterocycles. The molecule has 2 rings (SSSR count). The zero-order chi connectivity index (χ0) is 14.0. The Bertz CT molecular complexity index is 700. The molecule has 0 atom stereocenters. The zero-order valence-electron chi connectivity index (χ0n) is 10.0. The third-order valence-corrected chi connectivity index (χ3v) is 4.81. The van der Waals surface area contributed by atoms with Gasteiger partial charge < -0.3 is 10.1 Å². The number of nitrogens with one attached hydrogen (secondary N) is 2. The molecule has 0 amide bonds. The molecule has 0 aliphatic heterocycles. The lowest BCUT2D eigenvalue weighted by atomic mass is 10.4. The van der Waals surface area contributed by atoms with Crippen LogP contribution in [-0.2, 0) is 16.6 Å². The molecule has 0 aliphatic rings. The van der Waals surface area contributed by atoms with Crippen LogP contribution in [0.2, 0.25) is 0 Å². The van der Waals surface area contributed by atoms with Crippen LogP contribution in [0.25, 0.3) is 0 Å². The standard InChI is InChI=1S/C11H12N2O4S2/c1-7-2-3-8(18-7)5-13-19(16,17)9-4-10(11(14)15)12-6-9/h2-4,6,12-13H,5H2,1H3,(H,14,15). The number of carbonyl (C=O) groups is 1. The van der Waals surface area contributed by atoms with Crippen LogP contribution in [0.5, 0.6) is 0 Å². The first-order chi connectivity index (χ1) is 8.88. The maximum absolute atomic E-state index is 11.9.